The van der Waals surface area contributed by atoms with Crippen molar-refractivity contribution in [3.05, 3.63) is 24.0 Å². The third-order valence-corrected chi connectivity index (χ3v) is 3.34. The van der Waals surface area contributed by atoms with E-state index in [0.717, 1.165) is 38.3 Å². The monoisotopic (exact) mass is 253 g/mol. The lowest BCUT2D eigenvalue weighted by Crippen LogP contribution is -2.32. The molecular weight excluding hydrogens is 233 g/mol. The number of nitrogens with zero attached hydrogens (tertiary/aromatic N) is 2. The van der Waals surface area contributed by atoms with Gasteiger partial charge in [0, 0.05) is 26.2 Å². The number of aliphatic hydroxyl groups is 1. The second-order valence-electron chi connectivity index (χ2n) is 4.61. The van der Waals surface area contributed by atoms with Crippen LogP contribution in [0.1, 0.15) is 6.42 Å². The van der Waals surface area contributed by atoms with Crippen LogP contribution in [0.3, 0.4) is 0 Å². The molecule has 0 radical (unpaired) electrons. The third kappa shape index (κ3) is 3.11. The van der Waals surface area contributed by atoms with Crippen LogP contribution in [0.15, 0.2) is 18.2 Å². The first kappa shape index (κ1) is 13.1. The van der Waals surface area contributed by atoms with Crippen LogP contribution >= 0.6 is 0 Å². The minimum atomic E-state index is -0.298. The van der Waals surface area contributed by atoms with E-state index in [0.29, 0.717) is 12.2 Å². The molecule has 1 aliphatic heterocycles. The summed E-state index contributed by atoms with van der Waals surface area (Å²) in [6, 6.07) is 4.56. The SMILES string of the molecule is Nc1cc(F)ccc1N1CCCN(CCO)CC1. The summed E-state index contributed by atoms with van der Waals surface area (Å²) in [6.07, 6.45) is 1.02. The van der Waals surface area contributed by atoms with E-state index in [1.54, 1.807) is 6.07 Å². The number of β-amino-alcohol motifs (C(OH)–C–C–N with tert-alkyl or cyclic N) is 1. The molecular formula is C13H20FN3O. The summed E-state index contributed by atoms with van der Waals surface area (Å²) in [5, 5.41) is 8.95. The van der Waals surface area contributed by atoms with Gasteiger partial charge in [-0.15, -0.1) is 0 Å². The zero-order chi connectivity index (χ0) is 13.0. The molecule has 0 saturated carbocycles. The maximum Gasteiger partial charge on any atom is 0.125 e. The van der Waals surface area contributed by atoms with Crippen molar-refractivity contribution in [3.63, 3.8) is 0 Å². The highest BCUT2D eigenvalue weighted by atomic mass is 19.1. The highest BCUT2D eigenvalue weighted by Gasteiger charge is 2.16. The van der Waals surface area contributed by atoms with Crippen LogP contribution in [0, 0.1) is 5.82 Å². The van der Waals surface area contributed by atoms with Crippen LogP contribution in [0.5, 0.6) is 0 Å². The van der Waals surface area contributed by atoms with Crippen molar-refractivity contribution in [2.75, 3.05) is 50.0 Å². The number of hydrogen-bond acceptors (Lipinski definition) is 4. The number of benzene rings is 1. The highest BCUT2D eigenvalue weighted by molar-refractivity contribution is 5.67. The van der Waals surface area contributed by atoms with Gasteiger partial charge in [-0.3, -0.25) is 4.90 Å². The Balaban J connectivity index is 2.05. The summed E-state index contributed by atoms with van der Waals surface area (Å²) in [4.78, 5) is 4.42. The topological polar surface area (TPSA) is 52.7 Å². The lowest BCUT2D eigenvalue weighted by Gasteiger charge is -2.24. The Morgan fingerprint density at radius 3 is 2.78 bits per heavy atom. The summed E-state index contributed by atoms with van der Waals surface area (Å²) < 4.78 is 13.0. The van der Waals surface area contributed by atoms with Crippen molar-refractivity contribution >= 4 is 11.4 Å². The van der Waals surface area contributed by atoms with Gasteiger partial charge in [0.2, 0.25) is 0 Å². The van der Waals surface area contributed by atoms with Crippen LogP contribution < -0.4 is 10.6 Å². The summed E-state index contributed by atoms with van der Waals surface area (Å²) in [5.74, 6) is -0.298. The Morgan fingerprint density at radius 1 is 1.22 bits per heavy atom. The van der Waals surface area contributed by atoms with E-state index < -0.39 is 0 Å². The Bertz CT molecular complexity index is 400. The Morgan fingerprint density at radius 2 is 2.06 bits per heavy atom. The van der Waals surface area contributed by atoms with E-state index in [1.165, 1.54) is 12.1 Å². The van der Waals surface area contributed by atoms with Gasteiger partial charge in [0.25, 0.3) is 0 Å². The van der Waals surface area contributed by atoms with Crippen molar-refractivity contribution in [2.45, 2.75) is 6.42 Å². The minimum absolute atomic E-state index is 0.193. The second kappa shape index (κ2) is 6.02. The minimum Gasteiger partial charge on any atom is -0.397 e. The third-order valence-electron chi connectivity index (χ3n) is 3.34. The first-order valence-electron chi connectivity index (χ1n) is 6.34. The Labute approximate surface area is 107 Å². The maximum absolute atomic E-state index is 13.0. The average Bonchev–Trinajstić information content (AvgIpc) is 2.55. The summed E-state index contributed by atoms with van der Waals surface area (Å²) in [5.41, 5.74) is 7.26. The molecule has 18 heavy (non-hydrogen) atoms. The molecule has 0 atom stereocenters. The lowest BCUT2D eigenvalue weighted by molar-refractivity contribution is 0.204. The predicted molar refractivity (Wildman–Crippen MR) is 71.2 cm³/mol. The molecule has 100 valence electrons. The standard InChI is InChI=1S/C13H20FN3O/c14-11-2-3-13(12(15)10-11)17-5-1-4-16(6-7-17)8-9-18/h2-3,10,18H,1,4-9,15H2. The summed E-state index contributed by atoms with van der Waals surface area (Å²) >= 11 is 0. The van der Waals surface area contributed by atoms with E-state index >= 15 is 0 Å². The van der Waals surface area contributed by atoms with Crippen LogP contribution in [0.25, 0.3) is 0 Å². The molecule has 1 saturated heterocycles. The van der Waals surface area contributed by atoms with Crippen LogP contribution in [0.4, 0.5) is 15.8 Å². The van der Waals surface area contributed by atoms with Crippen molar-refractivity contribution < 1.29 is 9.50 Å². The van der Waals surface area contributed by atoms with Crippen LogP contribution in [-0.4, -0.2) is 49.3 Å². The fourth-order valence-corrected chi connectivity index (χ4v) is 2.39. The lowest BCUT2D eigenvalue weighted by atomic mass is 10.2. The van der Waals surface area contributed by atoms with E-state index in [4.69, 9.17) is 10.8 Å². The molecule has 0 unspecified atom stereocenters. The number of nitrogens with two attached hydrogens (primary N) is 1. The van der Waals surface area contributed by atoms with Gasteiger partial charge in [-0.05, 0) is 31.2 Å². The van der Waals surface area contributed by atoms with Crippen LogP contribution in [0.2, 0.25) is 0 Å². The van der Waals surface area contributed by atoms with E-state index in [1.807, 2.05) is 0 Å². The molecule has 4 nitrogen and oxygen atoms in total. The zero-order valence-electron chi connectivity index (χ0n) is 10.5. The fraction of sp³-hybridized carbons (Fsp3) is 0.538. The first-order valence-corrected chi connectivity index (χ1v) is 6.34. The summed E-state index contributed by atoms with van der Waals surface area (Å²) in [6.45, 7) is 4.56. The second-order valence-corrected chi connectivity index (χ2v) is 4.61. The number of rotatable bonds is 3. The molecule has 0 aromatic heterocycles. The van der Waals surface area contributed by atoms with E-state index in [2.05, 4.69) is 9.80 Å². The smallest absolute Gasteiger partial charge is 0.125 e. The van der Waals surface area contributed by atoms with Crippen molar-refractivity contribution in [1.82, 2.24) is 4.90 Å². The molecule has 1 fully saturated rings. The Kier molecular flexibility index (Phi) is 4.38. The number of nitrogen functional groups attached to an aromatic ring is 1. The normalized spacial score (nSPS) is 17.8. The quantitative estimate of drug-likeness (QED) is 0.786. The maximum atomic E-state index is 13.0. The zero-order valence-corrected chi connectivity index (χ0v) is 10.5. The van der Waals surface area contributed by atoms with Crippen molar-refractivity contribution in [2.24, 2.45) is 0 Å². The molecule has 1 aromatic carbocycles. The molecule has 0 bridgehead atoms. The molecule has 1 heterocycles. The molecule has 1 aromatic rings. The van der Waals surface area contributed by atoms with Gasteiger partial charge in [-0.1, -0.05) is 0 Å². The number of anilines is 2. The van der Waals surface area contributed by atoms with Gasteiger partial charge < -0.3 is 15.7 Å². The van der Waals surface area contributed by atoms with Gasteiger partial charge in [0.15, 0.2) is 0 Å². The Hall–Kier alpha value is -1.33. The van der Waals surface area contributed by atoms with E-state index in [-0.39, 0.29) is 12.4 Å². The van der Waals surface area contributed by atoms with Gasteiger partial charge in [0.05, 0.1) is 18.0 Å². The average molecular weight is 253 g/mol. The predicted octanol–water partition coefficient (Wildman–Crippen LogP) is 0.912. The number of halogens is 1. The molecule has 0 aliphatic carbocycles. The van der Waals surface area contributed by atoms with Crippen LogP contribution in [-0.2, 0) is 0 Å². The molecule has 2 rings (SSSR count). The largest absolute Gasteiger partial charge is 0.397 e. The van der Waals surface area contributed by atoms with Crippen molar-refractivity contribution in [3.8, 4) is 0 Å². The molecule has 3 N–H and O–H groups in total. The molecule has 1 aliphatic rings. The highest BCUT2D eigenvalue weighted by Crippen LogP contribution is 2.24. The van der Waals surface area contributed by atoms with Gasteiger partial charge >= 0.3 is 0 Å². The number of aliphatic hydroxyl groups excluding tert-OH is 1. The van der Waals surface area contributed by atoms with Gasteiger partial charge in [0.1, 0.15) is 5.82 Å². The van der Waals surface area contributed by atoms with Crippen molar-refractivity contribution in [1.29, 1.82) is 0 Å². The van der Waals surface area contributed by atoms with Gasteiger partial charge in [-0.25, -0.2) is 4.39 Å². The molecule has 0 amide bonds. The first-order chi connectivity index (χ1) is 8.70. The van der Waals surface area contributed by atoms with E-state index in [9.17, 15) is 4.39 Å². The fourth-order valence-electron chi connectivity index (χ4n) is 2.39. The summed E-state index contributed by atoms with van der Waals surface area (Å²) in [7, 11) is 0. The molecule has 5 heteroatoms. The number of hydrogen-bond donors (Lipinski definition) is 2. The molecule has 0 spiro atoms. The van der Waals surface area contributed by atoms with Gasteiger partial charge in [-0.2, -0.15) is 0 Å².